The van der Waals surface area contributed by atoms with Gasteiger partial charge in [-0.2, -0.15) is 0 Å². The van der Waals surface area contributed by atoms with Crippen LogP contribution in [0, 0.1) is 0 Å². The molecule has 0 bridgehead atoms. The van der Waals surface area contributed by atoms with Gasteiger partial charge in [-0.3, -0.25) is 10.1 Å². The molecule has 1 saturated carbocycles. The molecule has 3 rings (SSSR count). The summed E-state index contributed by atoms with van der Waals surface area (Å²) in [4.78, 5) is 17.2. The zero-order valence-electron chi connectivity index (χ0n) is 11.6. The standard InChI is InChI=1S/C14H25N3O/c1-3-12-15-14(6-7-14)13(18)17(12)11(2)10-16-8-4-5-9-16/h11-12,15H,3-10H2,1-2H3. The molecule has 1 amide bonds. The molecule has 2 aliphatic heterocycles. The third kappa shape index (κ3) is 1.95. The first-order valence-corrected chi connectivity index (χ1v) is 7.49. The van der Waals surface area contributed by atoms with Gasteiger partial charge in [-0.05, 0) is 52.1 Å². The number of rotatable bonds is 4. The smallest absolute Gasteiger partial charge is 0.244 e. The van der Waals surface area contributed by atoms with E-state index < -0.39 is 0 Å². The summed E-state index contributed by atoms with van der Waals surface area (Å²) in [6.45, 7) is 7.84. The summed E-state index contributed by atoms with van der Waals surface area (Å²) in [5.41, 5.74) is -0.153. The monoisotopic (exact) mass is 251 g/mol. The summed E-state index contributed by atoms with van der Waals surface area (Å²) < 4.78 is 0. The number of amides is 1. The van der Waals surface area contributed by atoms with E-state index in [0.717, 1.165) is 25.8 Å². The van der Waals surface area contributed by atoms with E-state index in [9.17, 15) is 4.79 Å². The van der Waals surface area contributed by atoms with Gasteiger partial charge in [0, 0.05) is 12.6 Å². The summed E-state index contributed by atoms with van der Waals surface area (Å²) in [7, 11) is 0. The number of carbonyl (C=O) groups excluding carboxylic acids is 1. The molecule has 3 aliphatic rings. The van der Waals surface area contributed by atoms with Gasteiger partial charge in [-0.15, -0.1) is 0 Å². The highest BCUT2D eigenvalue weighted by Crippen LogP contribution is 2.43. The van der Waals surface area contributed by atoms with Gasteiger partial charge in [-0.1, -0.05) is 6.92 Å². The third-order valence-corrected chi connectivity index (χ3v) is 4.76. The fraction of sp³-hybridized carbons (Fsp3) is 0.929. The van der Waals surface area contributed by atoms with Crippen LogP contribution in [-0.4, -0.2) is 53.1 Å². The number of hydrogen-bond acceptors (Lipinski definition) is 3. The third-order valence-electron chi connectivity index (χ3n) is 4.76. The molecule has 4 heteroatoms. The highest BCUT2D eigenvalue weighted by Gasteiger charge is 2.59. The zero-order valence-corrected chi connectivity index (χ0v) is 11.6. The highest BCUT2D eigenvalue weighted by molar-refractivity contribution is 5.92. The van der Waals surface area contributed by atoms with E-state index >= 15 is 0 Å². The van der Waals surface area contributed by atoms with Gasteiger partial charge in [0.2, 0.25) is 5.91 Å². The van der Waals surface area contributed by atoms with Crippen LogP contribution in [0.2, 0.25) is 0 Å². The molecule has 3 fully saturated rings. The second kappa shape index (κ2) is 4.49. The maximum Gasteiger partial charge on any atom is 0.244 e. The van der Waals surface area contributed by atoms with Gasteiger partial charge in [0.15, 0.2) is 0 Å². The normalized spacial score (nSPS) is 32.4. The molecule has 0 aromatic heterocycles. The van der Waals surface area contributed by atoms with E-state index in [-0.39, 0.29) is 11.7 Å². The Morgan fingerprint density at radius 2 is 2.06 bits per heavy atom. The Balaban J connectivity index is 1.67. The fourth-order valence-electron chi connectivity index (χ4n) is 3.56. The molecule has 0 aromatic rings. The first-order valence-electron chi connectivity index (χ1n) is 7.49. The van der Waals surface area contributed by atoms with Gasteiger partial charge in [0.1, 0.15) is 0 Å². The highest BCUT2D eigenvalue weighted by atomic mass is 16.2. The summed E-state index contributed by atoms with van der Waals surface area (Å²) in [6.07, 6.45) is 5.99. The van der Waals surface area contributed by atoms with E-state index in [4.69, 9.17) is 0 Å². The van der Waals surface area contributed by atoms with Crippen molar-refractivity contribution in [3.63, 3.8) is 0 Å². The van der Waals surface area contributed by atoms with Gasteiger partial charge in [0.05, 0.1) is 11.7 Å². The van der Waals surface area contributed by atoms with Crippen LogP contribution in [0.15, 0.2) is 0 Å². The van der Waals surface area contributed by atoms with Gasteiger partial charge in [-0.25, -0.2) is 0 Å². The molecule has 18 heavy (non-hydrogen) atoms. The van der Waals surface area contributed by atoms with E-state index in [1.54, 1.807) is 0 Å². The van der Waals surface area contributed by atoms with Crippen molar-refractivity contribution < 1.29 is 4.79 Å². The predicted octanol–water partition coefficient (Wildman–Crippen LogP) is 1.17. The molecule has 1 spiro atoms. The minimum absolute atomic E-state index is 0.153. The van der Waals surface area contributed by atoms with E-state index in [1.807, 2.05) is 0 Å². The lowest BCUT2D eigenvalue weighted by Crippen LogP contribution is -2.47. The topological polar surface area (TPSA) is 35.6 Å². The lowest BCUT2D eigenvalue weighted by atomic mass is 10.2. The SMILES string of the molecule is CCC1NC2(CC2)C(=O)N1C(C)CN1CCCC1. The van der Waals surface area contributed by atoms with E-state index in [1.165, 1.54) is 25.9 Å². The van der Waals surface area contributed by atoms with Crippen LogP contribution >= 0.6 is 0 Å². The molecule has 0 aromatic carbocycles. The number of hydrogen-bond donors (Lipinski definition) is 1. The Labute approximate surface area is 110 Å². The lowest BCUT2D eigenvalue weighted by Gasteiger charge is -2.32. The molecular weight excluding hydrogens is 226 g/mol. The average molecular weight is 251 g/mol. The number of nitrogens with one attached hydrogen (secondary N) is 1. The van der Waals surface area contributed by atoms with Crippen molar-refractivity contribution in [3.8, 4) is 0 Å². The van der Waals surface area contributed by atoms with Crippen LogP contribution in [0.4, 0.5) is 0 Å². The Hall–Kier alpha value is -0.610. The molecule has 2 saturated heterocycles. The van der Waals surface area contributed by atoms with Gasteiger partial charge >= 0.3 is 0 Å². The molecule has 2 heterocycles. The molecular formula is C14H25N3O. The van der Waals surface area contributed by atoms with Crippen molar-refractivity contribution in [1.29, 1.82) is 0 Å². The van der Waals surface area contributed by atoms with Crippen LogP contribution in [0.5, 0.6) is 0 Å². The Bertz CT molecular complexity index is 334. The van der Waals surface area contributed by atoms with Crippen molar-refractivity contribution in [2.45, 2.75) is 63.7 Å². The average Bonchev–Trinajstić information content (AvgIpc) is 2.84. The second-order valence-electron chi connectivity index (χ2n) is 6.22. The van der Waals surface area contributed by atoms with Crippen molar-refractivity contribution in [2.75, 3.05) is 19.6 Å². The maximum atomic E-state index is 12.5. The van der Waals surface area contributed by atoms with Crippen LogP contribution in [0.25, 0.3) is 0 Å². The summed E-state index contributed by atoms with van der Waals surface area (Å²) in [6, 6.07) is 0.341. The van der Waals surface area contributed by atoms with Crippen LogP contribution in [0.3, 0.4) is 0 Å². The van der Waals surface area contributed by atoms with Crippen molar-refractivity contribution >= 4 is 5.91 Å². The zero-order chi connectivity index (χ0) is 12.8. The quantitative estimate of drug-likeness (QED) is 0.815. The lowest BCUT2D eigenvalue weighted by molar-refractivity contribution is -0.133. The fourth-order valence-corrected chi connectivity index (χ4v) is 3.56. The van der Waals surface area contributed by atoms with Crippen LogP contribution < -0.4 is 5.32 Å². The van der Waals surface area contributed by atoms with Crippen molar-refractivity contribution in [3.05, 3.63) is 0 Å². The van der Waals surface area contributed by atoms with Crippen molar-refractivity contribution in [1.82, 2.24) is 15.1 Å². The van der Waals surface area contributed by atoms with E-state index in [2.05, 4.69) is 29.0 Å². The number of carbonyl (C=O) groups is 1. The molecule has 2 unspecified atom stereocenters. The van der Waals surface area contributed by atoms with Crippen molar-refractivity contribution in [2.24, 2.45) is 0 Å². The Morgan fingerprint density at radius 1 is 1.39 bits per heavy atom. The molecule has 1 aliphatic carbocycles. The molecule has 4 nitrogen and oxygen atoms in total. The minimum atomic E-state index is -0.153. The van der Waals surface area contributed by atoms with Crippen LogP contribution in [0.1, 0.15) is 46.0 Å². The summed E-state index contributed by atoms with van der Waals surface area (Å²) in [5.74, 6) is 0.362. The molecule has 1 N–H and O–H groups in total. The summed E-state index contributed by atoms with van der Waals surface area (Å²) >= 11 is 0. The first kappa shape index (κ1) is 12.4. The van der Waals surface area contributed by atoms with Gasteiger partial charge in [0.25, 0.3) is 0 Å². The minimum Gasteiger partial charge on any atom is -0.322 e. The Morgan fingerprint density at radius 3 is 2.61 bits per heavy atom. The molecule has 0 radical (unpaired) electrons. The second-order valence-corrected chi connectivity index (χ2v) is 6.22. The molecule has 102 valence electrons. The summed E-state index contributed by atoms with van der Waals surface area (Å²) in [5, 5.41) is 3.55. The molecule has 2 atom stereocenters. The van der Waals surface area contributed by atoms with E-state index in [0.29, 0.717) is 11.9 Å². The number of nitrogens with zero attached hydrogens (tertiary/aromatic N) is 2. The number of likely N-dealkylation sites (tertiary alicyclic amines) is 1. The Kier molecular flexibility index (Phi) is 3.10. The maximum absolute atomic E-state index is 12.5. The largest absolute Gasteiger partial charge is 0.322 e. The van der Waals surface area contributed by atoms with Crippen LogP contribution in [-0.2, 0) is 4.79 Å². The predicted molar refractivity (Wildman–Crippen MR) is 71.2 cm³/mol. The first-order chi connectivity index (χ1) is 8.66. The van der Waals surface area contributed by atoms with Gasteiger partial charge < -0.3 is 9.80 Å².